The minimum Gasteiger partial charge on any atom is -0.472 e. The molecular weight excluding hydrogens is 374 g/mol. The minimum atomic E-state index is -0.0996. The van der Waals surface area contributed by atoms with E-state index in [-0.39, 0.29) is 12.1 Å². The van der Waals surface area contributed by atoms with Crippen molar-refractivity contribution in [3.63, 3.8) is 0 Å². The molecule has 0 bridgehead atoms. The van der Waals surface area contributed by atoms with Gasteiger partial charge in [0.1, 0.15) is 6.10 Å². The van der Waals surface area contributed by atoms with Crippen molar-refractivity contribution in [2.45, 2.75) is 109 Å². The average Bonchev–Trinajstić information content (AvgIpc) is 3.18. The number of carbonyl (C=O) groups is 1. The number of aliphatic imine (C=N–C) groups is 1. The zero-order valence-corrected chi connectivity index (χ0v) is 19.1. The molecule has 0 amide bonds. The molecule has 0 fully saturated rings. The van der Waals surface area contributed by atoms with Crippen LogP contribution in [0.2, 0.25) is 0 Å². The Morgan fingerprint density at radius 1 is 0.900 bits per heavy atom. The highest BCUT2D eigenvalue weighted by molar-refractivity contribution is 5.95. The van der Waals surface area contributed by atoms with Gasteiger partial charge in [-0.15, -0.1) is 0 Å². The molecule has 0 aromatic heterocycles. The normalized spacial score (nSPS) is 18.1. The largest absolute Gasteiger partial charge is 0.472 e. The molecule has 0 aliphatic carbocycles. The van der Waals surface area contributed by atoms with E-state index in [0.29, 0.717) is 12.5 Å². The van der Waals surface area contributed by atoms with Crippen LogP contribution < -0.4 is 0 Å². The smallest absolute Gasteiger partial charge is 0.305 e. The predicted octanol–water partition coefficient (Wildman–Crippen LogP) is 6.85. The van der Waals surface area contributed by atoms with Crippen LogP contribution in [-0.2, 0) is 14.3 Å². The van der Waals surface area contributed by atoms with Gasteiger partial charge < -0.3 is 9.47 Å². The van der Waals surface area contributed by atoms with E-state index in [9.17, 15) is 4.79 Å². The summed E-state index contributed by atoms with van der Waals surface area (Å²) in [6.07, 6.45) is 16.4. The number of ether oxygens (including phenoxy) is 2. The highest BCUT2D eigenvalue weighted by atomic mass is 16.5. The fourth-order valence-corrected chi connectivity index (χ4v) is 4.09. The number of esters is 1. The van der Waals surface area contributed by atoms with Crippen molar-refractivity contribution in [3.05, 3.63) is 35.9 Å². The minimum absolute atomic E-state index is 0.0996. The van der Waals surface area contributed by atoms with Crippen molar-refractivity contribution in [2.75, 3.05) is 7.11 Å². The lowest BCUT2D eigenvalue weighted by molar-refractivity contribution is -0.140. The fraction of sp³-hybridized carbons (Fsp3) is 0.692. The van der Waals surface area contributed by atoms with Crippen LogP contribution >= 0.6 is 0 Å². The van der Waals surface area contributed by atoms with E-state index in [1.165, 1.54) is 52.1 Å². The van der Waals surface area contributed by atoms with Gasteiger partial charge in [0.2, 0.25) is 5.90 Å². The molecule has 0 N–H and O–H groups in total. The first-order valence-electron chi connectivity index (χ1n) is 12.1. The Balaban J connectivity index is 1.73. The molecule has 168 valence electrons. The summed E-state index contributed by atoms with van der Waals surface area (Å²) >= 11 is 0. The third-order valence-corrected chi connectivity index (χ3v) is 5.95. The summed E-state index contributed by atoms with van der Waals surface area (Å²) in [4.78, 5) is 16.1. The number of nitrogens with zero attached hydrogens (tertiary/aromatic N) is 1. The first-order chi connectivity index (χ1) is 14.7. The van der Waals surface area contributed by atoms with E-state index < -0.39 is 0 Å². The van der Waals surface area contributed by atoms with Gasteiger partial charge in [0, 0.05) is 12.0 Å². The Kier molecular flexibility index (Phi) is 12.2. The second kappa shape index (κ2) is 15.0. The Morgan fingerprint density at radius 2 is 1.53 bits per heavy atom. The molecule has 1 aromatic rings. The van der Waals surface area contributed by atoms with Crippen LogP contribution in [0.4, 0.5) is 0 Å². The molecule has 0 unspecified atom stereocenters. The number of hydrogen-bond donors (Lipinski definition) is 0. The van der Waals surface area contributed by atoms with Crippen LogP contribution in [0, 0.1) is 0 Å². The molecule has 1 heterocycles. The third kappa shape index (κ3) is 9.32. The molecule has 0 saturated carbocycles. The SMILES string of the molecule is CCCCCCCC[C@H]1N=C(c2ccccc2)O[C@@H]1CCCCCCCC(=O)OC. The lowest BCUT2D eigenvalue weighted by Gasteiger charge is -2.17. The maximum Gasteiger partial charge on any atom is 0.305 e. The summed E-state index contributed by atoms with van der Waals surface area (Å²) in [6, 6.07) is 10.6. The van der Waals surface area contributed by atoms with Gasteiger partial charge in [0.05, 0.1) is 13.2 Å². The van der Waals surface area contributed by atoms with Gasteiger partial charge in [-0.3, -0.25) is 4.79 Å². The summed E-state index contributed by atoms with van der Waals surface area (Å²) in [5.74, 6) is 0.729. The molecule has 2 rings (SSSR count). The van der Waals surface area contributed by atoms with Crippen LogP contribution in [0.3, 0.4) is 0 Å². The number of hydrogen-bond acceptors (Lipinski definition) is 4. The zero-order chi connectivity index (χ0) is 21.4. The maximum absolute atomic E-state index is 11.2. The van der Waals surface area contributed by atoms with E-state index in [0.717, 1.165) is 50.0 Å². The summed E-state index contributed by atoms with van der Waals surface area (Å²) in [7, 11) is 1.46. The van der Waals surface area contributed by atoms with Gasteiger partial charge in [-0.25, -0.2) is 4.99 Å². The van der Waals surface area contributed by atoms with E-state index in [1.54, 1.807) is 0 Å². The summed E-state index contributed by atoms with van der Waals surface area (Å²) in [5, 5.41) is 0. The number of methoxy groups -OCH3 is 1. The predicted molar refractivity (Wildman–Crippen MR) is 124 cm³/mol. The van der Waals surface area contributed by atoms with Crippen molar-refractivity contribution >= 4 is 11.9 Å². The molecule has 0 saturated heterocycles. The van der Waals surface area contributed by atoms with E-state index in [4.69, 9.17) is 14.5 Å². The van der Waals surface area contributed by atoms with E-state index >= 15 is 0 Å². The fourth-order valence-electron chi connectivity index (χ4n) is 4.09. The number of benzene rings is 1. The highest BCUT2D eigenvalue weighted by Gasteiger charge is 2.30. The maximum atomic E-state index is 11.2. The second-order valence-electron chi connectivity index (χ2n) is 8.46. The first kappa shape index (κ1) is 24.4. The molecule has 4 heteroatoms. The Labute approximate surface area is 183 Å². The molecule has 30 heavy (non-hydrogen) atoms. The second-order valence-corrected chi connectivity index (χ2v) is 8.46. The quantitative estimate of drug-likeness (QED) is 0.219. The molecule has 0 spiro atoms. The molecular formula is C26H41NO3. The van der Waals surface area contributed by atoms with Gasteiger partial charge in [-0.2, -0.15) is 0 Å². The topological polar surface area (TPSA) is 47.9 Å². The zero-order valence-electron chi connectivity index (χ0n) is 19.1. The molecule has 4 nitrogen and oxygen atoms in total. The lowest BCUT2D eigenvalue weighted by atomic mass is 9.98. The number of rotatable bonds is 16. The van der Waals surface area contributed by atoms with Crippen LogP contribution in [0.15, 0.2) is 35.3 Å². The van der Waals surface area contributed by atoms with Crippen molar-refractivity contribution in [3.8, 4) is 0 Å². The van der Waals surface area contributed by atoms with Crippen molar-refractivity contribution in [1.82, 2.24) is 0 Å². The van der Waals surface area contributed by atoms with Gasteiger partial charge >= 0.3 is 5.97 Å². The number of unbranched alkanes of at least 4 members (excludes halogenated alkanes) is 9. The van der Waals surface area contributed by atoms with Crippen LogP contribution in [0.1, 0.15) is 102 Å². The van der Waals surface area contributed by atoms with Crippen LogP contribution in [-0.4, -0.2) is 31.1 Å². The first-order valence-corrected chi connectivity index (χ1v) is 12.1. The van der Waals surface area contributed by atoms with Crippen LogP contribution in [0.25, 0.3) is 0 Å². The molecule has 2 atom stereocenters. The van der Waals surface area contributed by atoms with E-state index in [1.807, 2.05) is 18.2 Å². The lowest BCUT2D eigenvalue weighted by Crippen LogP contribution is -2.22. The summed E-state index contributed by atoms with van der Waals surface area (Å²) in [5.41, 5.74) is 1.09. The Hall–Kier alpha value is -1.84. The van der Waals surface area contributed by atoms with Gasteiger partial charge in [-0.05, 0) is 37.8 Å². The van der Waals surface area contributed by atoms with Crippen molar-refractivity contribution in [2.24, 2.45) is 4.99 Å². The van der Waals surface area contributed by atoms with Gasteiger partial charge in [0.25, 0.3) is 0 Å². The van der Waals surface area contributed by atoms with Gasteiger partial charge in [-0.1, -0.05) is 82.9 Å². The number of carbonyl (C=O) groups excluding carboxylic acids is 1. The van der Waals surface area contributed by atoms with Crippen molar-refractivity contribution in [1.29, 1.82) is 0 Å². The summed E-state index contributed by atoms with van der Waals surface area (Å²) in [6.45, 7) is 2.26. The van der Waals surface area contributed by atoms with E-state index in [2.05, 4.69) is 19.1 Å². The van der Waals surface area contributed by atoms with Crippen LogP contribution in [0.5, 0.6) is 0 Å². The monoisotopic (exact) mass is 415 g/mol. The summed E-state index contributed by atoms with van der Waals surface area (Å²) < 4.78 is 11.0. The van der Waals surface area contributed by atoms with Gasteiger partial charge in [0.15, 0.2) is 0 Å². The third-order valence-electron chi connectivity index (χ3n) is 5.95. The Bertz CT molecular complexity index is 614. The molecule has 1 aliphatic rings. The molecule has 1 aliphatic heterocycles. The highest BCUT2D eigenvalue weighted by Crippen LogP contribution is 2.26. The van der Waals surface area contributed by atoms with Crippen molar-refractivity contribution < 1.29 is 14.3 Å². The standard InChI is InChI=1S/C26H41NO3/c1-3-4-5-6-8-14-19-23-24(20-15-9-7-10-16-21-25(28)29-2)30-26(27-23)22-17-12-11-13-18-22/h11-13,17-18,23-24H,3-10,14-16,19-21H2,1-2H3/t23-,24-/m1/s1. The Morgan fingerprint density at radius 3 is 2.23 bits per heavy atom. The molecule has 0 radical (unpaired) electrons. The average molecular weight is 416 g/mol. The molecule has 1 aromatic carbocycles.